The molecule has 27 heavy (non-hydrogen) atoms. The topological polar surface area (TPSA) is 73.2 Å². The normalized spacial score (nSPS) is 10.4. The van der Waals surface area contributed by atoms with Gasteiger partial charge >= 0.3 is 5.97 Å². The van der Waals surface area contributed by atoms with Crippen molar-refractivity contribution in [1.82, 2.24) is 14.9 Å². The van der Waals surface area contributed by atoms with Gasteiger partial charge < -0.3 is 10.1 Å². The first-order valence-corrected chi connectivity index (χ1v) is 8.39. The Morgan fingerprint density at radius 3 is 2.56 bits per heavy atom. The molecule has 1 amide bonds. The van der Waals surface area contributed by atoms with Crippen molar-refractivity contribution in [2.24, 2.45) is 0 Å². The summed E-state index contributed by atoms with van der Waals surface area (Å²) in [5, 5.41) is 2.66. The van der Waals surface area contributed by atoms with E-state index >= 15 is 0 Å². The van der Waals surface area contributed by atoms with Gasteiger partial charge in [-0.1, -0.05) is 30.3 Å². The zero-order chi connectivity index (χ0) is 19.1. The van der Waals surface area contributed by atoms with Gasteiger partial charge in [0.15, 0.2) is 12.3 Å². The van der Waals surface area contributed by atoms with Crippen LogP contribution in [0.25, 0.3) is 5.69 Å². The van der Waals surface area contributed by atoms with Gasteiger partial charge in [0.2, 0.25) is 0 Å². The molecule has 2 aromatic carbocycles. The van der Waals surface area contributed by atoms with Gasteiger partial charge in [0.05, 0.1) is 12.5 Å². The van der Waals surface area contributed by atoms with Crippen LogP contribution in [0.15, 0.2) is 67.1 Å². The third-order valence-electron chi connectivity index (χ3n) is 3.87. The van der Waals surface area contributed by atoms with Gasteiger partial charge in [0.25, 0.3) is 5.91 Å². The number of rotatable bonds is 7. The minimum atomic E-state index is -0.634. The van der Waals surface area contributed by atoms with Crippen LogP contribution in [0.1, 0.15) is 16.1 Å². The highest BCUT2D eigenvalue weighted by atomic mass is 19.1. The van der Waals surface area contributed by atoms with E-state index in [2.05, 4.69) is 10.3 Å². The predicted octanol–water partition coefficient (Wildman–Crippen LogP) is 2.53. The SMILES string of the molecule is O=C(COC(=O)c1cncn1-c1ccccc1)NCCc1ccc(F)cc1. The lowest BCUT2D eigenvalue weighted by Gasteiger charge is -2.09. The van der Waals surface area contributed by atoms with Crippen molar-refractivity contribution < 1.29 is 18.7 Å². The van der Waals surface area contributed by atoms with Crippen LogP contribution in [-0.4, -0.2) is 34.6 Å². The molecule has 138 valence electrons. The zero-order valence-corrected chi connectivity index (χ0v) is 14.5. The molecule has 0 spiro atoms. The highest BCUT2D eigenvalue weighted by Crippen LogP contribution is 2.11. The standard InChI is InChI=1S/C20H18FN3O3/c21-16-8-6-15(7-9-16)10-11-23-19(25)13-27-20(26)18-12-22-14-24(18)17-4-2-1-3-5-17/h1-9,12,14H,10-11,13H2,(H,23,25). The predicted molar refractivity (Wildman–Crippen MR) is 97.0 cm³/mol. The first-order valence-electron chi connectivity index (χ1n) is 8.39. The number of nitrogens with one attached hydrogen (secondary N) is 1. The molecule has 0 radical (unpaired) electrons. The largest absolute Gasteiger partial charge is 0.451 e. The van der Waals surface area contributed by atoms with Crippen molar-refractivity contribution in [3.8, 4) is 5.69 Å². The summed E-state index contributed by atoms with van der Waals surface area (Å²) in [5.41, 5.74) is 1.91. The Bertz CT molecular complexity index is 908. The smallest absolute Gasteiger partial charge is 0.357 e. The molecule has 0 aliphatic carbocycles. The first-order chi connectivity index (χ1) is 13.1. The first kappa shape index (κ1) is 18.3. The Labute approximate surface area is 155 Å². The minimum Gasteiger partial charge on any atom is -0.451 e. The van der Waals surface area contributed by atoms with Crippen LogP contribution in [-0.2, 0) is 16.0 Å². The molecule has 0 bridgehead atoms. The highest BCUT2D eigenvalue weighted by molar-refractivity contribution is 5.90. The average Bonchev–Trinajstić information content (AvgIpc) is 3.18. The van der Waals surface area contributed by atoms with Gasteiger partial charge in [-0.05, 0) is 36.2 Å². The number of hydrogen-bond donors (Lipinski definition) is 1. The lowest BCUT2D eigenvalue weighted by atomic mass is 10.1. The molecular weight excluding hydrogens is 349 g/mol. The van der Waals surface area contributed by atoms with E-state index in [1.807, 2.05) is 30.3 Å². The number of carbonyl (C=O) groups is 2. The number of nitrogens with zero attached hydrogens (tertiary/aromatic N) is 2. The van der Waals surface area contributed by atoms with E-state index in [0.717, 1.165) is 11.3 Å². The number of esters is 1. The van der Waals surface area contributed by atoms with Gasteiger partial charge in [0.1, 0.15) is 5.82 Å². The molecule has 3 aromatic rings. The molecule has 1 heterocycles. The second kappa shape index (κ2) is 8.75. The van der Waals surface area contributed by atoms with Crippen molar-refractivity contribution >= 4 is 11.9 Å². The van der Waals surface area contributed by atoms with E-state index in [9.17, 15) is 14.0 Å². The number of hydrogen-bond acceptors (Lipinski definition) is 4. The van der Waals surface area contributed by atoms with Gasteiger partial charge in [-0.25, -0.2) is 14.2 Å². The fraction of sp³-hybridized carbons (Fsp3) is 0.150. The average molecular weight is 367 g/mol. The molecule has 1 N–H and O–H groups in total. The number of para-hydroxylation sites is 1. The van der Waals surface area contributed by atoms with E-state index in [1.165, 1.54) is 24.7 Å². The molecule has 0 atom stereocenters. The van der Waals surface area contributed by atoms with E-state index in [4.69, 9.17) is 4.74 Å². The Balaban J connectivity index is 1.47. The zero-order valence-electron chi connectivity index (χ0n) is 14.5. The molecule has 0 aliphatic heterocycles. The fourth-order valence-electron chi connectivity index (χ4n) is 2.49. The Morgan fingerprint density at radius 2 is 1.81 bits per heavy atom. The minimum absolute atomic E-state index is 0.236. The molecule has 0 fully saturated rings. The summed E-state index contributed by atoms with van der Waals surface area (Å²) < 4.78 is 19.5. The lowest BCUT2D eigenvalue weighted by molar-refractivity contribution is -0.124. The van der Waals surface area contributed by atoms with Crippen molar-refractivity contribution in [1.29, 1.82) is 0 Å². The molecule has 3 rings (SSSR count). The van der Waals surface area contributed by atoms with Crippen LogP contribution in [0.3, 0.4) is 0 Å². The maximum atomic E-state index is 12.8. The van der Waals surface area contributed by atoms with Gasteiger partial charge in [-0.15, -0.1) is 0 Å². The van der Waals surface area contributed by atoms with Gasteiger partial charge in [-0.3, -0.25) is 9.36 Å². The molecule has 0 saturated carbocycles. The highest BCUT2D eigenvalue weighted by Gasteiger charge is 2.16. The van der Waals surface area contributed by atoms with Gasteiger partial charge in [0, 0.05) is 12.2 Å². The maximum absolute atomic E-state index is 12.8. The summed E-state index contributed by atoms with van der Waals surface area (Å²) in [6.45, 7) is -0.0216. The summed E-state index contributed by atoms with van der Waals surface area (Å²) in [5.74, 6) is -1.34. The molecule has 0 unspecified atom stereocenters. The van der Waals surface area contributed by atoms with Crippen LogP contribution in [0.5, 0.6) is 0 Å². The van der Waals surface area contributed by atoms with E-state index in [1.54, 1.807) is 16.7 Å². The number of benzene rings is 2. The number of ether oxygens (including phenoxy) is 1. The van der Waals surface area contributed by atoms with E-state index < -0.39 is 11.9 Å². The third-order valence-corrected chi connectivity index (χ3v) is 3.87. The summed E-state index contributed by atoms with van der Waals surface area (Å²) in [6, 6.07) is 15.3. The van der Waals surface area contributed by atoms with Crippen LogP contribution in [0.2, 0.25) is 0 Å². The molecule has 0 aliphatic rings. The second-order valence-electron chi connectivity index (χ2n) is 5.79. The Morgan fingerprint density at radius 1 is 1.07 bits per heavy atom. The van der Waals surface area contributed by atoms with E-state index in [-0.39, 0.29) is 18.1 Å². The number of halogens is 1. The third kappa shape index (κ3) is 5.01. The number of imidazole rings is 1. The number of aromatic nitrogens is 2. The fourth-order valence-corrected chi connectivity index (χ4v) is 2.49. The number of carbonyl (C=O) groups excluding carboxylic acids is 2. The summed E-state index contributed by atoms with van der Waals surface area (Å²) >= 11 is 0. The van der Waals surface area contributed by atoms with Crippen molar-refractivity contribution in [2.75, 3.05) is 13.2 Å². The van der Waals surface area contributed by atoms with Crippen molar-refractivity contribution in [3.63, 3.8) is 0 Å². The molecule has 7 heteroatoms. The van der Waals surface area contributed by atoms with Crippen molar-refractivity contribution in [2.45, 2.75) is 6.42 Å². The van der Waals surface area contributed by atoms with Crippen LogP contribution in [0, 0.1) is 5.82 Å². The van der Waals surface area contributed by atoms with Crippen LogP contribution in [0.4, 0.5) is 4.39 Å². The van der Waals surface area contributed by atoms with E-state index in [0.29, 0.717) is 13.0 Å². The Hall–Kier alpha value is -3.48. The summed E-state index contributed by atoms with van der Waals surface area (Å²) in [4.78, 5) is 28.0. The Kier molecular flexibility index (Phi) is 5.94. The lowest BCUT2D eigenvalue weighted by Crippen LogP contribution is -2.30. The summed E-state index contributed by atoms with van der Waals surface area (Å²) in [6.07, 6.45) is 3.46. The van der Waals surface area contributed by atoms with Crippen molar-refractivity contribution in [3.05, 3.63) is 84.2 Å². The molecule has 6 nitrogen and oxygen atoms in total. The second-order valence-corrected chi connectivity index (χ2v) is 5.79. The molecular formula is C20H18FN3O3. The quantitative estimate of drug-likeness (QED) is 0.652. The van der Waals surface area contributed by atoms with Crippen LogP contribution < -0.4 is 5.32 Å². The number of amides is 1. The molecule has 0 saturated heterocycles. The van der Waals surface area contributed by atoms with Gasteiger partial charge in [-0.2, -0.15) is 0 Å². The maximum Gasteiger partial charge on any atom is 0.357 e. The van der Waals surface area contributed by atoms with Crippen LogP contribution >= 0.6 is 0 Å². The summed E-state index contributed by atoms with van der Waals surface area (Å²) in [7, 11) is 0. The molecule has 1 aromatic heterocycles. The monoisotopic (exact) mass is 367 g/mol.